The normalized spacial score (nSPS) is 24.9. The van der Waals surface area contributed by atoms with Gasteiger partial charge in [0.05, 0.1) is 0 Å². The van der Waals surface area contributed by atoms with Crippen LogP contribution in [0.15, 0.2) is 29.6 Å². The molecule has 1 aliphatic carbocycles. The van der Waals surface area contributed by atoms with Gasteiger partial charge in [-0.3, -0.25) is 0 Å². The largest absolute Gasteiger partial charge is 0.327 e. The van der Waals surface area contributed by atoms with E-state index in [9.17, 15) is 0 Å². The second kappa shape index (κ2) is 5.64. The first-order valence-electron chi connectivity index (χ1n) is 7.48. The molecule has 102 valence electrons. The molecule has 0 saturated heterocycles. The molecule has 2 heteroatoms. The van der Waals surface area contributed by atoms with Crippen molar-refractivity contribution in [3.63, 3.8) is 0 Å². The van der Waals surface area contributed by atoms with Crippen molar-refractivity contribution in [3.05, 3.63) is 35.2 Å². The molecule has 1 fully saturated rings. The Balaban J connectivity index is 1.71. The highest BCUT2D eigenvalue weighted by atomic mass is 32.1. The summed E-state index contributed by atoms with van der Waals surface area (Å²) in [4.78, 5) is 0. The van der Waals surface area contributed by atoms with Gasteiger partial charge in [0.2, 0.25) is 0 Å². The maximum atomic E-state index is 6.48. The van der Waals surface area contributed by atoms with Crippen molar-refractivity contribution in [2.45, 2.75) is 45.1 Å². The fraction of sp³-hybridized carbons (Fsp3) is 0.529. The first kappa shape index (κ1) is 13.1. The Bertz CT molecular complexity index is 545. The first-order valence-corrected chi connectivity index (χ1v) is 8.36. The average Bonchev–Trinajstić information content (AvgIpc) is 3.06. The van der Waals surface area contributed by atoms with Gasteiger partial charge in [0, 0.05) is 10.7 Å². The lowest BCUT2D eigenvalue weighted by Gasteiger charge is -2.19. The smallest absolute Gasteiger partial charge is 0.0345 e. The third-order valence-corrected chi connectivity index (χ3v) is 5.79. The molecule has 3 unspecified atom stereocenters. The van der Waals surface area contributed by atoms with Gasteiger partial charge in [0.25, 0.3) is 0 Å². The van der Waals surface area contributed by atoms with Crippen LogP contribution in [0.4, 0.5) is 0 Å². The van der Waals surface area contributed by atoms with Crippen LogP contribution in [-0.2, 0) is 6.42 Å². The molecule has 19 heavy (non-hydrogen) atoms. The summed E-state index contributed by atoms with van der Waals surface area (Å²) in [5, 5.41) is 3.71. The molecule has 1 nitrogen and oxygen atoms in total. The summed E-state index contributed by atoms with van der Waals surface area (Å²) in [6.07, 6.45) is 6.44. The van der Waals surface area contributed by atoms with E-state index < -0.39 is 0 Å². The third-order valence-electron chi connectivity index (χ3n) is 4.78. The molecule has 1 heterocycles. The fourth-order valence-corrected chi connectivity index (χ4v) is 4.46. The van der Waals surface area contributed by atoms with E-state index in [-0.39, 0.29) is 0 Å². The summed E-state index contributed by atoms with van der Waals surface area (Å²) in [6, 6.07) is 9.03. The molecule has 2 N–H and O–H groups in total. The van der Waals surface area contributed by atoms with Crippen LogP contribution < -0.4 is 5.73 Å². The number of nitrogens with two attached hydrogens (primary N) is 1. The van der Waals surface area contributed by atoms with Gasteiger partial charge in [0.1, 0.15) is 0 Å². The first-order chi connectivity index (χ1) is 9.28. The van der Waals surface area contributed by atoms with Gasteiger partial charge in [-0.25, -0.2) is 0 Å². The number of rotatable bonds is 4. The monoisotopic (exact) mass is 273 g/mol. The molecule has 2 aromatic rings. The molecular weight excluding hydrogens is 250 g/mol. The minimum atomic E-state index is 0.342. The van der Waals surface area contributed by atoms with Crippen molar-refractivity contribution >= 4 is 21.4 Å². The van der Waals surface area contributed by atoms with Gasteiger partial charge in [-0.2, -0.15) is 0 Å². The van der Waals surface area contributed by atoms with Gasteiger partial charge in [-0.1, -0.05) is 38.0 Å². The maximum Gasteiger partial charge on any atom is 0.0345 e. The van der Waals surface area contributed by atoms with E-state index in [1.165, 1.54) is 41.3 Å². The molecule has 0 amide bonds. The highest BCUT2D eigenvalue weighted by Crippen LogP contribution is 2.36. The Morgan fingerprint density at radius 2 is 2.16 bits per heavy atom. The van der Waals surface area contributed by atoms with Crippen molar-refractivity contribution < 1.29 is 0 Å². The summed E-state index contributed by atoms with van der Waals surface area (Å²) in [7, 11) is 0. The SMILES string of the molecule is CCC1CCC(C(N)Cc2csc3ccccc23)C1. The van der Waals surface area contributed by atoms with Crippen LogP contribution in [0.2, 0.25) is 0 Å². The molecule has 1 aromatic heterocycles. The van der Waals surface area contributed by atoms with E-state index >= 15 is 0 Å². The van der Waals surface area contributed by atoms with Crippen LogP contribution in [-0.4, -0.2) is 6.04 Å². The molecule has 3 atom stereocenters. The van der Waals surface area contributed by atoms with Gasteiger partial charge in [-0.15, -0.1) is 11.3 Å². The standard InChI is InChI=1S/C17H23NS/c1-2-12-7-8-13(9-12)16(18)10-14-11-19-17-6-4-3-5-15(14)17/h3-6,11-13,16H,2,7-10,18H2,1H3. The lowest BCUT2D eigenvalue weighted by Crippen LogP contribution is -2.30. The molecule has 1 saturated carbocycles. The van der Waals surface area contributed by atoms with Crippen molar-refractivity contribution in [2.75, 3.05) is 0 Å². The number of benzene rings is 1. The summed E-state index contributed by atoms with van der Waals surface area (Å²) >= 11 is 1.85. The summed E-state index contributed by atoms with van der Waals surface area (Å²) in [6.45, 7) is 2.31. The van der Waals surface area contributed by atoms with E-state index in [2.05, 4.69) is 36.6 Å². The van der Waals surface area contributed by atoms with E-state index in [4.69, 9.17) is 5.73 Å². The fourth-order valence-electron chi connectivity index (χ4n) is 3.48. The molecule has 0 spiro atoms. The third kappa shape index (κ3) is 2.70. The van der Waals surface area contributed by atoms with Crippen molar-refractivity contribution in [2.24, 2.45) is 17.6 Å². The Hall–Kier alpha value is -0.860. The Kier molecular flexibility index (Phi) is 3.90. The summed E-state index contributed by atoms with van der Waals surface area (Å²) in [5.74, 6) is 1.67. The Morgan fingerprint density at radius 1 is 1.32 bits per heavy atom. The zero-order chi connectivity index (χ0) is 13.2. The van der Waals surface area contributed by atoms with Crippen LogP contribution in [0, 0.1) is 11.8 Å². The minimum Gasteiger partial charge on any atom is -0.327 e. The molecule has 0 bridgehead atoms. The van der Waals surface area contributed by atoms with Crippen LogP contribution >= 0.6 is 11.3 Å². The van der Waals surface area contributed by atoms with E-state index in [1.807, 2.05) is 11.3 Å². The minimum absolute atomic E-state index is 0.342. The average molecular weight is 273 g/mol. The van der Waals surface area contributed by atoms with Crippen molar-refractivity contribution in [3.8, 4) is 0 Å². The number of hydrogen-bond acceptors (Lipinski definition) is 2. The number of fused-ring (bicyclic) bond motifs is 1. The van der Waals surface area contributed by atoms with E-state index in [0.717, 1.165) is 18.3 Å². The van der Waals surface area contributed by atoms with Gasteiger partial charge in [0.15, 0.2) is 0 Å². The number of hydrogen-bond donors (Lipinski definition) is 1. The maximum absolute atomic E-state index is 6.48. The second-order valence-electron chi connectivity index (χ2n) is 5.97. The van der Waals surface area contributed by atoms with Crippen molar-refractivity contribution in [1.82, 2.24) is 0 Å². The summed E-state index contributed by atoms with van der Waals surface area (Å²) < 4.78 is 1.39. The quantitative estimate of drug-likeness (QED) is 0.865. The van der Waals surface area contributed by atoms with E-state index in [0.29, 0.717) is 6.04 Å². The number of thiophene rings is 1. The Labute approximate surface area is 119 Å². The molecule has 1 aliphatic rings. The predicted octanol–water partition coefficient (Wildman–Crippen LogP) is 4.60. The second-order valence-corrected chi connectivity index (χ2v) is 6.88. The molecule has 1 aromatic carbocycles. The van der Waals surface area contributed by atoms with Crippen LogP contribution in [0.5, 0.6) is 0 Å². The highest BCUT2D eigenvalue weighted by Gasteiger charge is 2.28. The zero-order valence-corrected chi connectivity index (χ0v) is 12.5. The molecule has 3 rings (SSSR count). The lowest BCUT2D eigenvalue weighted by atomic mass is 9.91. The van der Waals surface area contributed by atoms with Gasteiger partial charge < -0.3 is 5.73 Å². The molecule has 0 aliphatic heterocycles. The van der Waals surface area contributed by atoms with Crippen molar-refractivity contribution in [1.29, 1.82) is 0 Å². The van der Waals surface area contributed by atoms with Crippen LogP contribution in [0.3, 0.4) is 0 Å². The topological polar surface area (TPSA) is 26.0 Å². The van der Waals surface area contributed by atoms with Gasteiger partial charge >= 0.3 is 0 Å². The zero-order valence-electron chi connectivity index (χ0n) is 11.6. The van der Waals surface area contributed by atoms with E-state index in [1.54, 1.807) is 0 Å². The summed E-state index contributed by atoms with van der Waals surface area (Å²) in [5.41, 5.74) is 7.93. The predicted molar refractivity (Wildman–Crippen MR) is 84.6 cm³/mol. The van der Waals surface area contributed by atoms with Crippen LogP contribution in [0.25, 0.3) is 10.1 Å². The molecular formula is C17H23NS. The van der Waals surface area contributed by atoms with Crippen LogP contribution in [0.1, 0.15) is 38.2 Å². The molecule has 0 radical (unpaired) electrons. The highest BCUT2D eigenvalue weighted by molar-refractivity contribution is 7.17. The lowest BCUT2D eigenvalue weighted by molar-refractivity contribution is 0.406. The van der Waals surface area contributed by atoms with Gasteiger partial charge in [-0.05, 0) is 53.5 Å². The Morgan fingerprint density at radius 3 is 2.95 bits per heavy atom.